The lowest BCUT2D eigenvalue weighted by atomic mass is 10.0. The van der Waals surface area contributed by atoms with E-state index in [1.54, 1.807) is 13.1 Å². The number of β-lactam (4-membered cyclic amide) rings is 1. The van der Waals surface area contributed by atoms with Crippen LogP contribution in [0.4, 0.5) is 5.13 Å². The summed E-state index contributed by atoms with van der Waals surface area (Å²) in [4.78, 5) is 48.6. The van der Waals surface area contributed by atoms with E-state index in [-0.39, 0.29) is 35.5 Å². The number of hydrogen-bond donors (Lipinski definition) is 3. The zero-order valence-electron chi connectivity index (χ0n) is 21.3. The topological polar surface area (TPSA) is 211 Å². The van der Waals surface area contributed by atoms with E-state index in [1.807, 2.05) is 27.6 Å². The minimum Gasteiger partial charge on any atom is -0.543 e. The number of nitrogens with zero attached hydrogens (tertiary/aromatic N) is 7. The molecule has 5 heterocycles. The summed E-state index contributed by atoms with van der Waals surface area (Å²) in [6, 6.07) is 2.79. The van der Waals surface area contributed by atoms with E-state index in [4.69, 9.17) is 16.3 Å². The number of oxime groups is 1. The average Bonchev–Trinajstić information content (AvgIpc) is 3.56. The maximum Gasteiger partial charge on any atom is 0.278 e. The smallest absolute Gasteiger partial charge is 0.278 e. The molecule has 0 unspecified atom stereocenters. The van der Waals surface area contributed by atoms with Gasteiger partial charge in [0.25, 0.3) is 17.3 Å². The second kappa shape index (κ2) is 11.6. The van der Waals surface area contributed by atoms with Crippen molar-refractivity contribution < 1.29 is 28.9 Å². The number of amides is 2. The molecule has 2 aliphatic heterocycles. The van der Waals surface area contributed by atoms with Crippen molar-refractivity contribution in [3.8, 4) is 0 Å². The summed E-state index contributed by atoms with van der Waals surface area (Å²) in [5, 5.41) is 22.6. The number of anilines is 1. The third kappa shape index (κ3) is 5.09. The molecule has 0 bridgehead atoms. The van der Waals surface area contributed by atoms with Crippen LogP contribution >= 0.6 is 23.3 Å². The van der Waals surface area contributed by atoms with Crippen LogP contribution in [0.1, 0.15) is 19.2 Å². The molecule has 1 fully saturated rings. The highest BCUT2D eigenvalue weighted by molar-refractivity contribution is 8.00. The van der Waals surface area contributed by atoms with Crippen molar-refractivity contribution in [1.82, 2.24) is 29.4 Å². The molecule has 3 aromatic rings. The number of fused-ring (bicyclic) bond motifs is 2. The Labute approximate surface area is 236 Å². The van der Waals surface area contributed by atoms with Crippen molar-refractivity contribution in [1.29, 1.82) is 0 Å². The molecular weight excluding hydrogens is 560 g/mol. The van der Waals surface area contributed by atoms with Crippen molar-refractivity contribution in [2.24, 2.45) is 10.9 Å². The standard InChI is InChI=1S/C23H26N10O5S2/c1-2-38-29-15(18-28-23(25)40-30-18)19(34)27-16-20(35)33-17(22(36)37)12(11-39-21(16)33)10-31-7-3-5-13-14(31)9-26-32(13)8-4-6-24/h3,5,7,9,16,21H,2,4,6,8,10-11,24H2,1H3,(H3-,25,27,28,30,34,36,37)/b29-15+/t16-,21-/m1/s1. The zero-order valence-corrected chi connectivity index (χ0v) is 23.0. The molecule has 0 aliphatic carbocycles. The Bertz CT molecular complexity index is 1530. The maximum atomic E-state index is 13.2. The fourth-order valence-corrected chi connectivity index (χ4v) is 6.28. The number of aryl methyl sites for hydroxylation is 1. The fourth-order valence-electron chi connectivity index (χ4n) is 4.51. The van der Waals surface area contributed by atoms with Gasteiger partial charge in [-0.25, -0.2) is 0 Å². The number of aliphatic carboxylic acids is 1. The molecule has 0 aromatic carbocycles. The number of thioether (sulfide) groups is 1. The van der Waals surface area contributed by atoms with Gasteiger partial charge in [-0.15, -0.1) is 11.8 Å². The predicted octanol–water partition coefficient (Wildman–Crippen LogP) is -2.05. The summed E-state index contributed by atoms with van der Waals surface area (Å²) in [5.74, 6) is -2.53. The molecule has 0 saturated carbocycles. The van der Waals surface area contributed by atoms with Crippen molar-refractivity contribution in [2.75, 3.05) is 24.6 Å². The Hall–Kier alpha value is -4.09. The van der Waals surface area contributed by atoms with E-state index in [2.05, 4.69) is 24.9 Å². The van der Waals surface area contributed by atoms with Crippen LogP contribution in [0.25, 0.3) is 11.0 Å². The number of hydrogen-bond acceptors (Lipinski definition) is 13. The van der Waals surface area contributed by atoms with Crippen LogP contribution in [0.5, 0.6) is 0 Å². The Morgan fingerprint density at radius 1 is 1.40 bits per heavy atom. The minimum atomic E-state index is -1.47. The van der Waals surface area contributed by atoms with Gasteiger partial charge in [-0.05, 0) is 26.0 Å². The van der Waals surface area contributed by atoms with Crippen LogP contribution in [0.2, 0.25) is 0 Å². The molecular formula is C23H26N10O5S2. The molecule has 0 radical (unpaired) electrons. The number of carbonyl (C=O) groups is 3. The number of carbonyl (C=O) groups excluding carboxylic acids is 3. The minimum absolute atomic E-state index is 0.0384. The first-order chi connectivity index (χ1) is 19.3. The maximum absolute atomic E-state index is 13.2. The molecule has 210 valence electrons. The Morgan fingerprint density at radius 2 is 2.23 bits per heavy atom. The second-order valence-electron chi connectivity index (χ2n) is 8.83. The van der Waals surface area contributed by atoms with E-state index in [9.17, 15) is 19.5 Å². The van der Waals surface area contributed by atoms with Crippen LogP contribution in [-0.2, 0) is 32.3 Å². The first kappa shape index (κ1) is 27.5. The van der Waals surface area contributed by atoms with Crippen molar-refractivity contribution in [3.05, 3.63) is 41.6 Å². The lowest BCUT2D eigenvalue weighted by Crippen LogP contribution is -2.71. The van der Waals surface area contributed by atoms with Crippen molar-refractivity contribution in [3.63, 3.8) is 0 Å². The summed E-state index contributed by atoms with van der Waals surface area (Å²) in [7, 11) is 0. The van der Waals surface area contributed by atoms with E-state index < -0.39 is 29.2 Å². The second-order valence-corrected chi connectivity index (χ2v) is 10.7. The summed E-state index contributed by atoms with van der Waals surface area (Å²) in [6.45, 7) is 3.29. The molecule has 17 heteroatoms. The number of aromatic nitrogens is 5. The highest BCUT2D eigenvalue weighted by atomic mass is 32.2. The number of carboxylic acid groups (broad SMARTS) is 1. The Kier molecular flexibility index (Phi) is 7.95. The van der Waals surface area contributed by atoms with Crippen LogP contribution in [0.3, 0.4) is 0 Å². The highest BCUT2D eigenvalue weighted by Crippen LogP contribution is 2.40. The first-order valence-electron chi connectivity index (χ1n) is 12.4. The molecule has 1 saturated heterocycles. The molecule has 5 rings (SSSR count). The first-order valence-corrected chi connectivity index (χ1v) is 14.2. The third-order valence-corrected chi connectivity index (χ3v) is 8.19. The Balaban J connectivity index is 1.36. The van der Waals surface area contributed by atoms with E-state index in [0.29, 0.717) is 24.4 Å². The van der Waals surface area contributed by atoms with E-state index in [1.165, 1.54) is 11.8 Å². The van der Waals surface area contributed by atoms with Gasteiger partial charge >= 0.3 is 0 Å². The van der Waals surface area contributed by atoms with Gasteiger partial charge in [-0.2, -0.15) is 19.0 Å². The summed E-state index contributed by atoms with van der Waals surface area (Å²) in [5.41, 5.74) is 13.0. The molecule has 0 spiro atoms. The van der Waals surface area contributed by atoms with Gasteiger partial charge in [0.05, 0.1) is 11.7 Å². The summed E-state index contributed by atoms with van der Waals surface area (Å²) >= 11 is 2.22. The Morgan fingerprint density at radius 3 is 2.92 bits per heavy atom. The number of carboxylic acids is 1. The van der Waals surface area contributed by atoms with Gasteiger partial charge in [-0.1, -0.05) is 5.16 Å². The lowest BCUT2D eigenvalue weighted by Gasteiger charge is -2.50. The monoisotopic (exact) mass is 586 g/mol. The number of nitrogens with two attached hydrogens (primary N) is 2. The quantitative estimate of drug-likeness (QED) is 0.0963. The molecule has 5 N–H and O–H groups in total. The van der Waals surface area contributed by atoms with Gasteiger partial charge in [0.1, 0.15) is 29.7 Å². The van der Waals surface area contributed by atoms with Gasteiger partial charge in [0.2, 0.25) is 11.5 Å². The van der Waals surface area contributed by atoms with Gasteiger partial charge < -0.3 is 31.5 Å². The highest BCUT2D eigenvalue weighted by Gasteiger charge is 2.53. The van der Waals surface area contributed by atoms with Crippen LogP contribution in [-0.4, -0.2) is 77.9 Å². The molecule has 2 amide bonds. The number of nitrogens with one attached hydrogen (secondary N) is 1. The fraction of sp³-hybridized carbons (Fsp3) is 0.391. The van der Waals surface area contributed by atoms with E-state index in [0.717, 1.165) is 33.9 Å². The SMILES string of the molecule is CCO/N=C(/C(=O)N[C@@H]1C(=O)N2C(C(=O)[O-])=C(C[n+]3cccc4c3cnn4CCCN)CS[C@H]12)c1nsc(N)n1. The largest absolute Gasteiger partial charge is 0.543 e. The summed E-state index contributed by atoms with van der Waals surface area (Å²) < 4.78 is 7.72. The normalized spacial score (nSPS) is 19.0. The molecule has 2 atom stereocenters. The predicted molar refractivity (Wildman–Crippen MR) is 143 cm³/mol. The third-order valence-electron chi connectivity index (χ3n) is 6.31. The van der Waals surface area contributed by atoms with Crippen LogP contribution < -0.4 is 26.5 Å². The molecule has 3 aromatic heterocycles. The molecule has 40 heavy (non-hydrogen) atoms. The van der Waals surface area contributed by atoms with Crippen LogP contribution in [0.15, 0.2) is 41.0 Å². The van der Waals surface area contributed by atoms with Crippen molar-refractivity contribution in [2.45, 2.75) is 37.8 Å². The molecule has 2 aliphatic rings. The number of pyridine rings is 1. The average molecular weight is 587 g/mol. The van der Waals surface area contributed by atoms with Gasteiger partial charge in [-0.3, -0.25) is 19.2 Å². The van der Waals surface area contributed by atoms with Crippen molar-refractivity contribution >= 4 is 63.0 Å². The van der Waals surface area contributed by atoms with Gasteiger partial charge in [0.15, 0.2) is 17.9 Å². The zero-order chi connectivity index (χ0) is 28.4. The van der Waals surface area contributed by atoms with Crippen LogP contribution in [0, 0.1) is 0 Å². The molecule has 15 nitrogen and oxygen atoms in total. The number of nitrogen functional groups attached to an aromatic ring is 1. The summed E-state index contributed by atoms with van der Waals surface area (Å²) in [6.07, 6.45) is 4.32. The lowest BCUT2D eigenvalue weighted by molar-refractivity contribution is -0.663. The van der Waals surface area contributed by atoms with Gasteiger partial charge in [0, 0.05) is 35.5 Å². The van der Waals surface area contributed by atoms with E-state index >= 15 is 0 Å². The number of rotatable bonds is 11.